The molecule has 4 heteroatoms. The zero-order chi connectivity index (χ0) is 12.6. The lowest BCUT2D eigenvalue weighted by Crippen LogP contribution is -2.39. The molecule has 4 nitrogen and oxygen atoms in total. The van der Waals surface area contributed by atoms with Crippen LogP contribution in [0.5, 0.6) is 0 Å². The molecule has 2 N–H and O–H groups in total. The van der Waals surface area contributed by atoms with Gasteiger partial charge in [-0.2, -0.15) is 0 Å². The van der Waals surface area contributed by atoms with Gasteiger partial charge in [-0.3, -0.25) is 9.69 Å². The van der Waals surface area contributed by atoms with Crippen LogP contribution in [0.1, 0.15) is 34.1 Å². The number of carbonyl (C=O) groups is 1. The van der Waals surface area contributed by atoms with Crippen LogP contribution in [-0.2, 0) is 4.79 Å². The minimum atomic E-state index is 0.0724. The van der Waals surface area contributed by atoms with Crippen molar-refractivity contribution in [3.63, 3.8) is 0 Å². The molecule has 0 aromatic carbocycles. The Bertz CT molecular complexity index is 185. The Kier molecular flexibility index (Phi) is 8.21. The van der Waals surface area contributed by atoms with Crippen molar-refractivity contribution in [2.24, 2.45) is 0 Å². The highest BCUT2D eigenvalue weighted by molar-refractivity contribution is 5.77. The third-order valence-corrected chi connectivity index (χ3v) is 2.58. The summed E-state index contributed by atoms with van der Waals surface area (Å²) in [7, 11) is 1.78. The predicted octanol–water partition coefficient (Wildman–Crippen LogP) is 0.831. The zero-order valence-electron chi connectivity index (χ0n) is 11.3. The van der Waals surface area contributed by atoms with E-state index < -0.39 is 0 Å². The molecule has 96 valence electrons. The minimum Gasteiger partial charge on any atom is -0.355 e. The molecule has 0 atom stereocenters. The molecular weight excluding hydrogens is 202 g/mol. The highest BCUT2D eigenvalue weighted by Gasteiger charge is 2.12. The van der Waals surface area contributed by atoms with E-state index in [9.17, 15) is 4.79 Å². The van der Waals surface area contributed by atoms with E-state index in [1.165, 1.54) is 0 Å². The highest BCUT2D eigenvalue weighted by atomic mass is 16.1. The standard InChI is InChI=1S/C12H27N3O/c1-10(2)15(11(3)4)8-6-7-14-12(16)9-13-5/h10-11,13H,6-9H2,1-5H3,(H,14,16). The summed E-state index contributed by atoms with van der Waals surface area (Å²) in [6.45, 7) is 11.0. The van der Waals surface area contributed by atoms with Crippen LogP contribution in [0, 0.1) is 0 Å². The third-order valence-electron chi connectivity index (χ3n) is 2.58. The molecule has 0 aliphatic heterocycles. The third kappa shape index (κ3) is 6.80. The number of hydrogen-bond donors (Lipinski definition) is 2. The fourth-order valence-corrected chi connectivity index (χ4v) is 1.83. The summed E-state index contributed by atoms with van der Waals surface area (Å²) in [6.07, 6.45) is 1.01. The number of rotatable bonds is 8. The van der Waals surface area contributed by atoms with E-state index in [1.54, 1.807) is 7.05 Å². The van der Waals surface area contributed by atoms with Crippen molar-refractivity contribution in [3.05, 3.63) is 0 Å². The van der Waals surface area contributed by atoms with Crippen LogP contribution < -0.4 is 10.6 Å². The Hall–Kier alpha value is -0.610. The topological polar surface area (TPSA) is 44.4 Å². The average Bonchev–Trinajstić information content (AvgIpc) is 2.16. The van der Waals surface area contributed by atoms with Gasteiger partial charge in [-0.1, -0.05) is 0 Å². The predicted molar refractivity (Wildman–Crippen MR) is 68.5 cm³/mol. The highest BCUT2D eigenvalue weighted by Crippen LogP contribution is 2.04. The van der Waals surface area contributed by atoms with Gasteiger partial charge in [0, 0.05) is 25.2 Å². The summed E-state index contributed by atoms with van der Waals surface area (Å²) in [5.74, 6) is 0.0724. The van der Waals surface area contributed by atoms with Gasteiger partial charge in [0.15, 0.2) is 0 Å². The first-order valence-corrected chi connectivity index (χ1v) is 6.16. The smallest absolute Gasteiger partial charge is 0.233 e. The number of nitrogens with one attached hydrogen (secondary N) is 2. The first-order valence-electron chi connectivity index (χ1n) is 6.16. The van der Waals surface area contributed by atoms with Crippen LogP contribution in [0.2, 0.25) is 0 Å². The van der Waals surface area contributed by atoms with Crippen LogP contribution >= 0.6 is 0 Å². The molecule has 0 aromatic rings. The number of carbonyl (C=O) groups excluding carboxylic acids is 1. The van der Waals surface area contributed by atoms with Crippen molar-refractivity contribution in [1.82, 2.24) is 15.5 Å². The van der Waals surface area contributed by atoms with Gasteiger partial charge >= 0.3 is 0 Å². The molecule has 0 aliphatic rings. The van der Waals surface area contributed by atoms with Crippen LogP contribution in [0.25, 0.3) is 0 Å². The summed E-state index contributed by atoms with van der Waals surface area (Å²) < 4.78 is 0. The molecule has 0 saturated carbocycles. The second-order valence-corrected chi connectivity index (χ2v) is 4.66. The number of amides is 1. The molecule has 16 heavy (non-hydrogen) atoms. The van der Waals surface area contributed by atoms with Crippen LogP contribution in [-0.4, -0.2) is 49.6 Å². The lowest BCUT2D eigenvalue weighted by molar-refractivity contribution is -0.120. The van der Waals surface area contributed by atoms with Crippen LogP contribution in [0.15, 0.2) is 0 Å². The van der Waals surface area contributed by atoms with Crippen molar-refractivity contribution >= 4 is 5.91 Å². The van der Waals surface area contributed by atoms with E-state index in [4.69, 9.17) is 0 Å². The molecule has 0 radical (unpaired) electrons. The summed E-state index contributed by atoms with van der Waals surface area (Å²) in [5, 5.41) is 5.72. The molecule has 0 rings (SSSR count). The minimum absolute atomic E-state index is 0.0724. The van der Waals surface area contributed by atoms with Gasteiger partial charge in [0.1, 0.15) is 0 Å². The van der Waals surface area contributed by atoms with Gasteiger partial charge in [0.2, 0.25) is 5.91 Å². The summed E-state index contributed by atoms with van der Waals surface area (Å²) in [4.78, 5) is 13.6. The molecule has 0 saturated heterocycles. The maximum Gasteiger partial charge on any atom is 0.233 e. The summed E-state index contributed by atoms with van der Waals surface area (Å²) in [6, 6.07) is 1.13. The van der Waals surface area contributed by atoms with Crippen molar-refractivity contribution < 1.29 is 4.79 Å². The average molecular weight is 229 g/mol. The second kappa shape index (κ2) is 8.53. The van der Waals surface area contributed by atoms with Gasteiger partial charge in [-0.25, -0.2) is 0 Å². The molecular formula is C12H27N3O. The zero-order valence-corrected chi connectivity index (χ0v) is 11.3. The van der Waals surface area contributed by atoms with E-state index in [2.05, 4.69) is 43.2 Å². The SMILES string of the molecule is CNCC(=O)NCCCN(C(C)C)C(C)C. The number of likely N-dealkylation sites (N-methyl/N-ethyl adjacent to an activating group) is 1. The second-order valence-electron chi connectivity index (χ2n) is 4.66. The lowest BCUT2D eigenvalue weighted by atomic mass is 10.2. The van der Waals surface area contributed by atoms with Crippen molar-refractivity contribution in [2.75, 3.05) is 26.7 Å². The van der Waals surface area contributed by atoms with Crippen molar-refractivity contribution in [2.45, 2.75) is 46.2 Å². The normalized spacial score (nSPS) is 11.5. The molecule has 0 unspecified atom stereocenters. The largest absolute Gasteiger partial charge is 0.355 e. The Morgan fingerprint density at radius 1 is 1.19 bits per heavy atom. The van der Waals surface area contributed by atoms with Crippen LogP contribution in [0.4, 0.5) is 0 Å². The first-order chi connectivity index (χ1) is 7.49. The lowest BCUT2D eigenvalue weighted by Gasteiger charge is -2.30. The molecule has 0 spiro atoms. The monoisotopic (exact) mass is 229 g/mol. The van der Waals surface area contributed by atoms with Gasteiger partial charge < -0.3 is 10.6 Å². The van der Waals surface area contributed by atoms with Gasteiger partial charge in [-0.15, -0.1) is 0 Å². The molecule has 1 amide bonds. The molecule has 0 aromatic heterocycles. The van der Waals surface area contributed by atoms with Gasteiger partial charge in [-0.05, 0) is 41.2 Å². The molecule has 0 heterocycles. The van der Waals surface area contributed by atoms with Gasteiger partial charge in [0.25, 0.3) is 0 Å². The fourth-order valence-electron chi connectivity index (χ4n) is 1.83. The van der Waals surface area contributed by atoms with E-state index >= 15 is 0 Å². The maximum atomic E-state index is 11.2. The molecule has 0 aliphatic carbocycles. The van der Waals surface area contributed by atoms with Crippen molar-refractivity contribution in [3.8, 4) is 0 Å². The Morgan fingerprint density at radius 2 is 1.75 bits per heavy atom. The van der Waals surface area contributed by atoms with Crippen molar-refractivity contribution in [1.29, 1.82) is 0 Å². The Balaban J connectivity index is 3.67. The van der Waals surface area contributed by atoms with E-state index in [-0.39, 0.29) is 5.91 Å². The van der Waals surface area contributed by atoms with E-state index in [1.807, 2.05) is 0 Å². The number of nitrogens with zero attached hydrogens (tertiary/aromatic N) is 1. The van der Waals surface area contributed by atoms with E-state index in [0.717, 1.165) is 19.5 Å². The Labute approximate surface area is 99.8 Å². The summed E-state index contributed by atoms with van der Waals surface area (Å²) >= 11 is 0. The van der Waals surface area contributed by atoms with Gasteiger partial charge in [0.05, 0.1) is 6.54 Å². The Morgan fingerprint density at radius 3 is 2.19 bits per heavy atom. The summed E-state index contributed by atoms with van der Waals surface area (Å²) in [5.41, 5.74) is 0. The maximum absolute atomic E-state index is 11.2. The number of hydrogen-bond acceptors (Lipinski definition) is 3. The fraction of sp³-hybridized carbons (Fsp3) is 0.917. The quantitative estimate of drug-likeness (QED) is 0.606. The van der Waals surface area contributed by atoms with Crippen LogP contribution in [0.3, 0.4) is 0 Å². The van der Waals surface area contributed by atoms with E-state index in [0.29, 0.717) is 18.6 Å². The molecule has 0 fully saturated rings. The molecule has 0 bridgehead atoms. The first kappa shape index (κ1) is 15.4.